The minimum absolute atomic E-state index is 0.0233. The monoisotopic (exact) mass is 439 g/mol. The number of benzene rings is 2. The molecule has 0 radical (unpaired) electrons. The molecular weight excluding hydrogens is 409 g/mol. The van der Waals surface area contributed by atoms with Gasteiger partial charge in [0, 0.05) is 19.1 Å². The van der Waals surface area contributed by atoms with Crippen molar-refractivity contribution in [1.82, 2.24) is 15.5 Å². The van der Waals surface area contributed by atoms with E-state index in [0.29, 0.717) is 32.4 Å². The normalized spacial score (nSPS) is 15.1. The zero-order valence-electron chi connectivity index (χ0n) is 18.4. The van der Waals surface area contributed by atoms with Crippen LogP contribution in [0.2, 0.25) is 0 Å². The quantitative estimate of drug-likeness (QED) is 0.664. The van der Waals surface area contributed by atoms with Gasteiger partial charge in [-0.3, -0.25) is 14.4 Å². The van der Waals surface area contributed by atoms with Crippen molar-refractivity contribution >= 4 is 17.7 Å². The Morgan fingerprint density at radius 1 is 1.03 bits per heavy atom. The Bertz CT molecular complexity index is 927. The van der Waals surface area contributed by atoms with Crippen LogP contribution in [0, 0.1) is 5.82 Å². The first kappa shape index (κ1) is 23.4. The molecule has 7 heteroatoms. The fourth-order valence-electron chi connectivity index (χ4n) is 3.95. The molecule has 1 unspecified atom stereocenters. The molecule has 32 heavy (non-hydrogen) atoms. The summed E-state index contributed by atoms with van der Waals surface area (Å²) in [5.74, 6) is -1.25. The molecule has 2 aromatic carbocycles. The van der Waals surface area contributed by atoms with Crippen molar-refractivity contribution in [1.29, 1.82) is 0 Å². The van der Waals surface area contributed by atoms with Gasteiger partial charge in [0.25, 0.3) is 5.91 Å². The Balaban J connectivity index is 1.51. The Kier molecular flexibility index (Phi) is 8.36. The Morgan fingerprint density at radius 3 is 2.34 bits per heavy atom. The van der Waals surface area contributed by atoms with Crippen molar-refractivity contribution in [2.45, 2.75) is 51.1 Å². The van der Waals surface area contributed by atoms with Crippen molar-refractivity contribution in [2.75, 3.05) is 13.1 Å². The van der Waals surface area contributed by atoms with Crippen LogP contribution < -0.4 is 10.6 Å². The highest BCUT2D eigenvalue weighted by Gasteiger charge is 2.29. The van der Waals surface area contributed by atoms with E-state index in [0.717, 1.165) is 12.0 Å². The molecule has 1 aliphatic heterocycles. The number of piperidine rings is 1. The summed E-state index contributed by atoms with van der Waals surface area (Å²) in [6, 6.07) is 14.6. The maximum atomic E-state index is 13.8. The number of halogens is 1. The number of nitrogens with one attached hydrogen (secondary N) is 2. The summed E-state index contributed by atoms with van der Waals surface area (Å²) in [7, 11) is 0. The number of nitrogens with zero attached hydrogens (tertiary/aromatic N) is 1. The molecule has 1 fully saturated rings. The second-order valence-electron chi connectivity index (χ2n) is 8.12. The molecule has 0 aliphatic carbocycles. The minimum atomic E-state index is -0.555. The molecule has 170 valence electrons. The van der Waals surface area contributed by atoms with Gasteiger partial charge in [-0.25, -0.2) is 4.39 Å². The lowest BCUT2D eigenvalue weighted by Crippen LogP contribution is -2.53. The molecule has 0 spiro atoms. The van der Waals surface area contributed by atoms with Crippen LogP contribution in [0.1, 0.15) is 48.5 Å². The summed E-state index contributed by atoms with van der Waals surface area (Å²) in [5, 5.41) is 5.76. The highest BCUT2D eigenvalue weighted by atomic mass is 19.1. The molecule has 0 saturated carbocycles. The highest BCUT2D eigenvalue weighted by Crippen LogP contribution is 2.15. The molecule has 2 aromatic rings. The zero-order chi connectivity index (χ0) is 22.9. The topological polar surface area (TPSA) is 78.5 Å². The first-order chi connectivity index (χ1) is 15.5. The van der Waals surface area contributed by atoms with E-state index in [-0.39, 0.29) is 29.8 Å². The van der Waals surface area contributed by atoms with Crippen LogP contribution in [0.15, 0.2) is 54.6 Å². The van der Waals surface area contributed by atoms with Gasteiger partial charge in [-0.2, -0.15) is 0 Å². The van der Waals surface area contributed by atoms with Crippen molar-refractivity contribution < 1.29 is 18.8 Å². The summed E-state index contributed by atoms with van der Waals surface area (Å²) in [6.07, 6.45) is 2.75. The van der Waals surface area contributed by atoms with Crippen molar-refractivity contribution in [3.8, 4) is 0 Å². The van der Waals surface area contributed by atoms with Gasteiger partial charge in [0.05, 0.1) is 12.0 Å². The van der Waals surface area contributed by atoms with E-state index in [4.69, 9.17) is 0 Å². The molecule has 0 aromatic heterocycles. The van der Waals surface area contributed by atoms with E-state index in [1.807, 2.05) is 37.3 Å². The van der Waals surface area contributed by atoms with Crippen LogP contribution in [0.5, 0.6) is 0 Å². The van der Waals surface area contributed by atoms with Gasteiger partial charge in [0.1, 0.15) is 11.9 Å². The molecule has 3 amide bonds. The average molecular weight is 440 g/mol. The smallest absolute Gasteiger partial charge is 0.254 e. The van der Waals surface area contributed by atoms with Crippen LogP contribution in [0.3, 0.4) is 0 Å². The van der Waals surface area contributed by atoms with Gasteiger partial charge in [-0.05, 0) is 37.0 Å². The van der Waals surface area contributed by atoms with E-state index in [1.165, 1.54) is 12.1 Å². The predicted octanol–water partition coefficient (Wildman–Crippen LogP) is 3.07. The standard InChI is InChI=1S/C25H30FN3O3/c1-2-8-22(28-23(30)17-18-9-4-3-5-10-18)25(32)29-15-13-19(14-16-29)27-24(31)20-11-6-7-12-21(20)26/h3-7,9-12,19,22H,2,8,13-17H2,1H3,(H,27,31)(H,28,30). The summed E-state index contributed by atoms with van der Waals surface area (Å²) in [6.45, 7) is 2.94. The van der Waals surface area contributed by atoms with E-state index >= 15 is 0 Å². The number of carbonyl (C=O) groups excluding carboxylic acids is 3. The second-order valence-corrected chi connectivity index (χ2v) is 8.12. The number of amides is 3. The average Bonchev–Trinajstić information content (AvgIpc) is 2.79. The van der Waals surface area contributed by atoms with Crippen molar-refractivity contribution in [2.24, 2.45) is 0 Å². The van der Waals surface area contributed by atoms with E-state index < -0.39 is 17.8 Å². The lowest BCUT2D eigenvalue weighted by Gasteiger charge is -2.34. The lowest BCUT2D eigenvalue weighted by molar-refractivity contribution is -0.137. The Labute approximate surface area is 188 Å². The first-order valence-corrected chi connectivity index (χ1v) is 11.2. The molecular formula is C25H30FN3O3. The predicted molar refractivity (Wildman–Crippen MR) is 120 cm³/mol. The molecule has 1 saturated heterocycles. The van der Waals surface area contributed by atoms with Crippen LogP contribution in [-0.4, -0.2) is 47.8 Å². The third-order valence-electron chi connectivity index (χ3n) is 5.68. The van der Waals surface area contributed by atoms with Crippen LogP contribution in [-0.2, 0) is 16.0 Å². The fourth-order valence-corrected chi connectivity index (χ4v) is 3.95. The fraction of sp³-hybridized carbons (Fsp3) is 0.400. The van der Waals surface area contributed by atoms with E-state index in [9.17, 15) is 18.8 Å². The number of hydrogen-bond acceptors (Lipinski definition) is 3. The second kappa shape index (κ2) is 11.4. The first-order valence-electron chi connectivity index (χ1n) is 11.2. The Morgan fingerprint density at radius 2 is 1.69 bits per heavy atom. The summed E-state index contributed by atoms with van der Waals surface area (Å²) in [4.78, 5) is 39.6. The van der Waals surface area contributed by atoms with E-state index in [1.54, 1.807) is 17.0 Å². The molecule has 1 heterocycles. The SMILES string of the molecule is CCCC(NC(=O)Cc1ccccc1)C(=O)N1CCC(NC(=O)c2ccccc2F)CC1. The van der Waals surface area contributed by atoms with Gasteiger partial charge in [0.2, 0.25) is 11.8 Å². The number of hydrogen-bond donors (Lipinski definition) is 2. The summed E-state index contributed by atoms with van der Waals surface area (Å²) in [5.41, 5.74) is 0.925. The summed E-state index contributed by atoms with van der Waals surface area (Å²) < 4.78 is 13.8. The van der Waals surface area contributed by atoms with Gasteiger partial charge >= 0.3 is 0 Å². The third kappa shape index (κ3) is 6.39. The zero-order valence-corrected chi connectivity index (χ0v) is 18.4. The Hall–Kier alpha value is -3.22. The van der Waals surface area contributed by atoms with Gasteiger partial charge in [-0.1, -0.05) is 55.8 Å². The molecule has 6 nitrogen and oxygen atoms in total. The van der Waals surface area contributed by atoms with Crippen molar-refractivity contribution in [3.05, 3.63) is 71.5 Å². The molecule has 0 bridgehead atoms. The van der Waals surface area contributed by atoms with Crippen LogP contribution in [0.4, 0.5) is 4.39 Å². The number of likely N-dealkylation sites (tertiary alicyclic amines) is 1. The number of rotatable bonds is 8. The largest absolute Gasteiger partial charge is 0.349 e. The van der Waals surface area contributed by atoms with Gasteiger partial charge in [0.15, 0.2) is 0 Å². The maximum Gasteiger partial charge on any atom is 0.254 e. The maximum absolute atomic E-state index is 13.8. The summed E-state index contributed by atoms with van der Waals surface area (Å²) >= 11 is 0. The van der Waals surface area contributed by atoms with Crippen molar-refractivity contribution in [3.63, 3.8) is 0 Å². The molecule has 2 N–H and O–H groups in total. The highest BCUT2D eigenvalue weighted by molar-refractivity contribution is 5.94. The van der Waals surface area contributed by atoms with Gasteiger partial charge < -0.3 is 15.5 Å². The molecule has 1 atom stereocenters. The van der Waals surface area contributed by atoms with Crippen LogP contribution >= 0.6 is 0 Å². The minimum Gasteiger partial charge on any atom is -0.349 e. The molecule has 3 rings (SSSR count). The molecule has 1 aliphatic rings. The lowest BCUT2D eigenvalue weighted by atomic mass is 10.0. The van der Waals surface area contributed by atoms with E-state index in [2.05, 4.69) is 10.6 Å². The van der Waals surface area contributed by atoms with Crippen LogP contribution in [0.25, 0.3) is 0 Å². The number of carbonyl (C=O) groups is 3. The van der Waals surface area contributed by atoms with Gasteiger partial charge in [-0.15, -0.1) is 0 Å². The third-order valence-corrected chi connectivity index (χ3v) is 5.68.